The normalized spacial score (nSPS) is 11.7. The summed E-state index contributed by atoms with van der Waals surface area (Å²) < 4.78 is 5.09. The van der Waals surface area contributed by atoms with Crippen LogP contribution in [-0.4, -0.2) is 67.7 Å². The van der Waals surface area contributed by atoms with Gasteiger partial charge in [0.15, 0.2) is 0 Å². The highest BCUT2D eigenvalue weighted by atomic mass is 16.5. The molecule has 3 aromatic rings. The fourth-order valence-electron chi connectivity index (χ4n) is 3.72. The third-order valence-corrected chi connectivity index (χ3v) is 5.75. The molecule has 202 valence electrons. The number of nitrogens with one attached hydrogen (secondary N) is 1. The van der Waals surface area contributed by atoms with Gasteiger partial charge in [-0.2, -0.15) is 4.80 Å². The van der Waals surface area contributed by atoms with Crippen molar-refractivity contribution in [3.63, 3.8) is 0 Å². The van der Waals surface area contributed by atoms with Crippen LogP contribution in [0.4, 0.5) is 0 Å². The third-order valence-electron chi connectivity index (χ3n) is 5.75. The first kappa shape index (κ1) is 28.3. The molecule has 0 radical (unpaired) electrons. The number of nitrogens with zero attached hydrogens (tertiary/aromatic N) is 5. The molecular weight excluding hydrogens is 488 g/mol. The second kappa shape index (κ2) is 13.3. The topological polar surface area (TPSA) is 140 Å². The number of aromatic hydroxyl groups is 1. The molecule has 2 aromatic carbocycles. The Bertz CT molecular complexity index is 1220. The molecule has 0 aliphatic carbocycles. The van der Waals surface area contributed by atoms with E-state index in [0.717, 1.165) is 27.2 Å². The minimum Gasteiger partial charge on any atom is -0.508 e. The summed E-state index contributed by atoms with van der Waals surface area (Å²) in [5.41, 5.74) is 2.25. The van der Waals surface area contributed by atoms with Crippen LogP contribution in [0.1, 0.15) is 44.4 Å². The SMILES string of the molecule is CCOC(=O)CN(C(=O)Cn1nnc(-c2ccc(C)cc2)n1)[C@H](C(=O)NCCC(C)C)c1ccc(O)cc1. The maximum Gasteiger partial charge on any atom is 0.325 e. The second-order valence-electron chi connectivity index (χ2n) is 9.30. The van der Waals surface area contributed by atoms with Gasteiger partial charge in [0, 0.05) is 12.1 Å². The van der Waals surface area contributed by atoms with Crippen LogP contribution in [-0.2, 0) is 25.7 Å². The largest absolute Gasteiger partial charge is 0.508 e. The molecule has 1 heterocycles. The summed E-state index contributed by atoms with van der Waals surface area (Å²) in [6.45, 7) is 7.40. The highest BCUT2D eigenvalue weighted by Crippen LogP contribution is 2.24. The average Bonchev–Trinajstić information content (AvgIpc) is 3.33. The fraction of sp³-hybridized carbons (Fsp3) is 0.407. The smallest absolute Gasteiger partial charge is 0.325 e. The highest BCUT2D eigenvalue weighted by Gasteiger charge is 2.33. The second-order valence-corrected chi connectivity index (χ2v) is 9.30. The van der Waals surface area contributed by atoms with Gasteiger partial charge in [0.2, 0.25) is 17.6 Å². The van der Waals surface area contributed by atoms with Crippen molar-refractivity contribution in [3.8, 4) is 17.1 Å². The van der Waals surface area contributed by atoms with Crippen molar-refractivity contribution in [3.05, 3.63) is 59.7 Å². The molecule has 0 aliphatic heterocycles. The van der Waals surface area contributed by atoms with Gasteiger partial charge < -0.3 is 20.1 Å². The molecule has 0 saturated heterocycles. The van der Waals surface area contributed by atoms with Crippen molar-refractivity contribution in [1.29, 1.82) is 0 Å². The lowest BCUT2D eigenvalue weighted by molar-refractivity contribution is -0.153. The minimum absolute atomic E-state index is 0.00596. The zero-order chi connectivity index (χ0) is 27.7. The van der Waals surface area contributed by atoms with Crippen molar-refractivity contribution in [1.82, 2.24) is 30.4 Å². The molecular formula is C27H34N6O5. The van der Waals surface area contributed by atoms with Crippen molar-refractivity contribution in [2.75, 3.05) is 19.7 Å². The Hall–Kier alpha value is -4.28. The molecule has 0 spiro atoms. The van der Waals surface area contributed by atoms with Crippen molar-refractivity contribution < 1.29 is 24.2 Å². The van der Waals surface area contributed by atoms with Gasteiger partial charge >= 0.3 is 5.97 Å². The van der Waals surface area contributed by atoms with Gasteiger partial charge in [-0.05, 0) is 49.1 Å². The van der Waals surface area contributed by atoms with Gasteiger partial charge in [-0.1, -0.05) is 55.8 Å². The van der Waals surface area contributed by atoms with Gasteiger partial charge in [0.05, 0.1) is 6.61 Å². The number of amides is 2. The lowest BCUT2D eigenvalue weighted by atomic mass is 10.0. The predicted molar refractivity (Wildman–Crippen MR) is 140 cm³/mol. The number of ether oxygens (including phenoxy) is 1. The first-order chi connectivity index (χ1) is 18.2. The lowest BCUT2D eigenvalue weighted by Gasteiger charge is -2.30. The monoisotopic (exact) mass is 522 g/mol. The quantitative estimate of drug-likeness (QED) is 0.346. The van der Waals surface area contributed by atoms with Gasteiger partial charge in [-0.25, -0.2) is 0 Å². The Morgan fingerprint density at radius 3 is 2.39 bits per heavy atom. The summed E-state index contributed by atoms with van der Waals surface area (Å²) in [6.07, 6.45) is 0.741. The highest BCUT2D eigenvalue weighted by molar-refractivity contribution is 5.90. The summed E-state index contributed by atoms with van der Waals surface area (Å²) in [7, 11) is 0. The summed E-state index contributed by atoms with van der Waals surface area (Å²) in [6, 6.07) is 12.3. The van der Waals surface area contributed by atoms with Crippen LogP contribution in [0.25, 0.3) is 11.4 Å². The molecule has 11 heteroatoms. The Morgan fingerprint density at radius 1 is 1.08 bits per heavy atom. The van der Waals surface area contributed by atoms with Crippen LogP contribution < -0.4 is 5.32 Å². The van der Waals surface area contributed by atoms with Crippen molar-refractivity contribution >= 4 is 17.8 Å². The van der Waals surface area contributed by atoms with E-state index in [2.05, 4.69) is 20.7 Å². The molecule has 0 unspecified atom stereocenters. The van der Waals surface area contributed by atoms with E-state index in [1.54, 1.807) is 6.92 Å². The molecule has 1 aromatic heterocycles. The molecule has 2 N–H and O–H groups in total. The molecule has 2 amide bonds. The molecule has 3 rings (SSSR count). The average molecular weight is 523 g/mol. The van der Waals surface area contributed by atoms with Gasteiger partial charge in [-0.15, -0.1) is 10.2 Å². The molecule has 0 saturated carbocycles. The van der Waals surface area contributed by atoms with Gasteiger partial charge in [0.1, 0.15) is 24.9 Å². The zero-order valence-corrected chi connectivity index (χ0v) is 22.1. The molecule has 0 bridgehead atoms. The number of carbonyl (C=O) groups excluding carboxylic acids is 3. The maximum atomic E-state index is 13.6. The Kier molecular flexibility index (Phi) is 9.92. The summed E-state index contributed by atoms with van der Waals surface area (Å²) >= 11 is 0. The Labute approximate surface area is 221 Å². The lowest BCUT2D eigenvalue weighted by Crippen LogP contribution is -2.47. The van der Waals surface area contributed by atoms with Crippen LogP contribution in [0.15, 0.2) is 48.5 Å². The van der Waals surface area contributed by atoms with Crippen LogP contribution in [0, 0.1) is 12.8 Å². The van der Waals surface area contributed by atoms with Gasteiger partial charge in [-0.3, -0.25) is 14.4 Å². The van der Waals surface area contributed by atoms with Crippen molar-refractivity contribution in [2.24, 2.45) is 5.92 Å². The molecule has 0 fully saturated rings. The number of phenolic OH excluding ortho intramolecular Hbond substituents is 1. The number of aromatic nitrogens is 4. The summed E-state index contributed by atoms with van der Waals surface area (Å²) in [4.78, 5) is 41.7. The van der Waals surface area contributed by atoms with E-state index in [4.69, 9.17) is 4.74 Å². The number of esters is 1. The van der Waals surface area contributed by atoms with E-state index < -0.39 is 30.4 Å². The van der Waals surface area contributed by atoms with E-state index in [1.165, 1.54) is 24.3 Å². The number of hydrogen-bond acceptors (Lipinski definition) is 8. The molecule has 0 aliphatic rings. The number of tetrazole rings is 1. The fourth-order valence-corrected chi connectivity index (χ4v) is 3.72. The van der Waals surface area contributed by atoms with E-state index in [1.807, 2.05) is 45.0 Å². The van der Waals surface area contributed by atoms with E-state index in [0.29, 0.717) is 23.9 Å². The van der Waals surface area contributed by atoms with Crippen molar-refractivity contribution in [2.45, 2.75) is 46.7 Å². The number of benzene rings is 2. The van der Waals surface area contributed by atoms with Crippen LogP contribution in [0.5, 0.6) is 5.75 Å². The molecule has 1 atom stereocenters. The van der Waals surface area contributed by atoms with E-state index in [9.17, 15) is 19.5 Å². The Balaban J connectivity index is 1.90. The molecule has 11 nitrogen and oxygen atoms in total. The van der Waals surface area contributed by atoms with Crippen LogP contribution in [0.3, 0.4) is 0 Å². The van der Waals surface area contributed by atoms with E-state index >= 15 is 0 Å². The minimum atomic E-state index is -1.15. The number of hydrogen-bond donors (Lipinski definition) is 2. The standard InChI is InChI=1S/C27H34N6O5/c1-5-38-24(36)17-32(23(35)16-33-30-26(29-31-33)21-8-6-19(4)7-9-21)25(20-10-12-22(34)13-11-20)27(37)28-15-14-18(2)3/h6-13,18,25,34H,5,14-17H2,1-4H3,(H,28,37)/t25-/m0/s1. The summed E-state index contributed by atoms with van der Waals surface area (Å²) in [5, 5.41) is 25.0. The predicted octanol–water partition coefficient (Wildman–Crippen LogP) is 2.65. The van der Waals surface area contributed by atoms with Crippen LogP contribution >= 0.6 is 0 Å². The first-order valence-electron chi connectivity index (χ1n) is 12.5. The summed E-state index contributed by atoms with van der Waals surface area (Å²) in [5.74, 6) is -0.987. The molecule has 38 heavy (non-hydrogen) atoms. The van der Waals surface area contributed by atoms with Crippen LogP contribution in [0.2, 0.25) is 0 Å². The maximum absolute atomic E-state index is 13.6. The number of aryl methyl sites for hydroxylation is 1. The number of rotatable bonds is 12. The number of carbonyl (C=O) groups is 3. The third kappa shape index (κ3) is 7.86. The first-order valence-corrected chi connectivity index (χ1v) is 12.5. The van der Waals surface area contributed by atoms with E-state index in [-0.39, 0.29) is 18.9 Å². The zero-order valence-electron chi connectivity index (χ0n) is 22.1. The Morgan fingerprint density at radius 2 is 1.76 bits per heavy atom. The van der Waals surface area contributed by atoms with Gasteiger partial charge in [0.25, 0.3) is 0 Å². The number of phenols is 1.